The Morgan fingerprint density at radius 1 is 1.00 bits per heavy atom. The number of hydrogen-bond donors (Lipinski definition) is 0. The van der Waals surface area contributed by atoms with Crippen LogP contribution in [0.15, 0.2) is 48.6 Å². The molecule has 0 aliphatic heterocycles. The second-order valence-electron chi connectivity index (χ2n) is 2.37. The fraction of sp³-hybridized carbons (Fsp3) is 0.0769. The van der Waals surface area contributed by atoms with E-state index in [2.05, 4.69) is 12.2 Å². The summed E-state index contributed by atoms with van der Waals surface area (Å²) in [5, 5.41) is 0. The van der Waals surface area contributed by atoms with E-state index in [0.717, 1.165) is 6.42 Å². The Bertz CT molecular complexity index is 264. The van der Waals surface area contributed by atoms with Crippen molar-refractivity contribution in [3.8, 4) is 0 Å². The maximum absolute atomic E-state index is 7.00. The summed E-state index contributed by atoms with van der Waals surface area (Å²) in [5.41, 5.74) is 7.57. The third-order valence-corrected chi connectivity index (χ3v) is 1.36. The Hall–Kier alpha value is -0.206. The van der Waals surface area contributed by atoms with E-state index >= 15 is 0 Å². The van der Waals surface area contributed by atoms with Gasteiger partial charge in [0.1, 0.15) is 0 Å². The second kappa shape index (κ2) is 21.1. The van der Waals surface area contributed by atoms with Crippen LogP contribution in [0.1, 0.15) is 6.42 Å². The van der Waals surface area contributed by atoms with Gasteiger partial charge in [-0.3, -0.25) is 6.08 Å². The molecular weight excluding hydrogens is 289 g/mol. The minimum Gasteiger partial charge on any atom is -0.699 e. The zero-order valence-corrected chi connectivity index (χ0v) is 13.3. The Labute approximate surface area is 133 Å². The van der Waals surface area contributed by atoms with E-state index in [9.17, 15) is 0 Å². The van der Waals surface area contributed by atoms with Crippen LogP contribution in [0.4, 0.5) is 5.69 Å². The minimum atomic E-state index is 0. The van der Waals surface area contributed by atoms with Gasteiger partial charge in [0, 0.05) is 0 Å². The number of benzene rings is 1. The van der Waals surface area contributed by atoms with Crippen LogP contribution in [0.2, 0.25) is 0 Å². The molecule has 0 bridgehead atoms. The Kier molecular flexibility index (Phi) is 37.4. The van der Waals surface area contributed by atoms with Gasteiger partial charge in [0.25, 0.3) is 0 Å². The van der Waals surface area contributed by atoms with Crippen molar-refractivity contribution in [2.24, 2.45) is 0 Å². The monoisotopic (exact) mass is 307 g/mol. The predicted octanol–water partition coefficient (Wildman–Crippen LogP) is 5.42. The van der Waals surface area contributed by atoms with Gasteiger partial charge in [0.05, 0.1) is 0 Å². The van der Waals surface area contributed by atoms with Gasteiger partial charge in [-0.2, -0.15) is 6.08 Å². The van der Waals surface area contributed by atoms with Crippen LogP contribution in [0, 0.1) is 20.9 Å². The summed E-state index contributed by atoms with van der Waals surface area (Å²) < 4.78 is 0. The van der Waals surface area contributed by atoms with E-state index in [-0.39, 0.29) is 61.4 Å². The largest absolute Gasteiger partial charge is 4.00 e. The van der Waals surface area contributed by atoms with Gasteiger partial charge in [-0.1, -0.05) is 30.3 Å². The maximum Gasteiger partial charge on any atom is 4.00 e. The maximum atomic E-state index is 7.00. The zero-order chi connectivity index (χ0) is 8.65. The summed E-state index contributed by atoms with van der Waals surface area (Å²) in [6.07, 6.45) is 10.0. The number of halogens is 2. The molecule has 0 radical (unpaired) electrons. The molecule has 2 rings (SSSR count). The fourth-order valence-corrected chi connectivity index (χ4v) is 0.778. The summed E-state index contributed by atoms with van der Waals surface area (Å²) in [6.45, 7) is 0. The van der Waals surface area contributed by atoms with Crippen LogP contribution < -0.4 is 0 Å². The van der Waals surface area contributed by atoms with E-state index in [4.69, 9.17) is 5.73 Å². The van der Waals surface area contributed by atoms with Gasteiger partial charge in [0.15, 0.2) is 0 Å². The molecular formula is C13H19Cl2NTi. The zero-order valence-electron chi connectivity index (χ0n) is 10.1. The molecule has 0 spiro atoms. The van der Waals surface area contributed by atoms with Crippen molar-refractivity contribution in [2.75, 3.05) is 0 Å². The van der Waals surface area contributed by atoms with Crippen molar-refractivity contribution in [3.63, 3.8) is 0 Å². The molecule has 0 saturated carbocycles. The number of allylic oxidation sites excluding steroid dienone is 4. The molecule has 1 aliphatic carbocycles. The average molecular weight is 308 g/mol. The summed E-state index contributed by atoms with van der Waals surface area (Å²) in [4.78, 5) is 0. The molecule has 94 valence electrons. The van der Waals surface area contributed by atoms with Gasteiger partial charge < -0.3 is 20.6 Å². The van der Waals surface area contributed by atoms with Crippen molar-refractivity contribution in [3.05, 3.63) is 75.2 Å². The van der Waals surface area contributed by atoms with Crippen molar-refractivity contribution < 1.29 is 21.7 Å². The predicted molar refractivity (Wildman–Crippen MR) is 79.3 cm³/mol. The van der Waals surface area contributed by atoms with Gasteiger partial charge in [-0.15, -0.1) is 36.9 Å². The molecule has 0 heterocycles. The number of hydrogen-bond acceptors (Lipinski definition) is 0. The average Bonchev–Trinajstić information content (AvgIpc) is 2.62. The van der Waals surface area contributed by atoms with Crippen LogP contribution >= 0.6 is 24.8 Å². The molecule has 17 heavy (non-hydrogen) atoms. The van der Waals surface area contributed by atoms with Crippen molar-refractivity contribution in [2.45, 2.75) is 6.42 Å². The number of rotatable bonds is 0. The third-order valence-electron chi connectivity index (χ3n) is 1.36. The summed E-state index contributed by atoms with van der Waals surface area (Å²) in [6, 6.07) is 9.10. The van der Waals surface area contributed by atoms with Crippen molar-refractivity contribution in [1.82, 2.24) is 0 Å². The second-order valence-corrected chi connectivity index (χ2v) is 2.37. The van der Waals surface area contributed by atoms with Crippen molar-refractivity contribution >= 4 is 30.5 Å². The molecule has 4 heteroatoms. The molecule has 0 amide bonds. The normalized spacial score (nSPS) is 8.71. The summed E-state index contributed by atoms with van der Waals surface area (Å²) >= 11 is 0. The van der Waals surface area contributed by atoms with E-state index in [1.807, 2.05) is 30.4 Å². The van der Waals surface area contributed by atoms with E-state index in [0.29, 0.717) is 5.69 Å². The smallest absolute Gasteiger partial charge is 0.699 e. The molecule has 1 aromatic rings. The van der Waals surface area contributed by atoms with Crippen molar-refractivity contribution in [1.29, 1.82) is 0 Å². The first-order chi connectivity index (χ1) is 5.89. The Balaban J connectivity index is -0.0000000447. The molecule has 1 nitrogen and oxygen atoms in total. The van der Waals surface area contributed by atoms with E-state index < -0.39 is 0 Å². The van der Waals surface area contributed by atoms with Crippen LogP contribution in [0.3, 0.4) is 0 Å². The molecule has 0 unspecified atom stereocenters. The topological polar surface area (TPSA) is 23.8 Å². The molecule has 1 aromatic carbocycles. The first-order valence-electron chi connectivity index (χ1n) is 3.88. The number of nitrogens with one attached hydrogen (secondary N) is 1. The Morgan fingerprint density at radius 3 is 1.71 bits per heavy atom. The summed E-state index contributed by atoms with van der Waals surface area (Å²) in [5.74, 6) is 0. The molecule has 1 aliphatic rings. The first-order valence-corrected chi connectivity index (χ1v) is 3.88. The standard InChI is InChI=1S/C6H6N.C5H5.2CH3.2ClH.Ti/c7-6-4-2-1-3-5-6;1-2-4-5-3-1;;;;;/h1-5,7H;1-3H,4H2;2*1H3;2*1H;/q4*-1;;;+4. The van der Waals surface area contributed by atoms with Crippen LogP contribution in [-0.2, 0) is 21.7 Å². The Morgan fingerprint density at radius 2 is 1.53 bits per heavy atom. The molecule has 0 atom stereocenters. The molecule has 0 saturated heterocycles. The quantitative estimate of drug-likeness (QED) is 0.451. The summed E-state index contributed by atoms with van der Waals surface area (Å²) in [7, 11) is 0. The van der Waals surface area contributed by atoms with E-state index in [1.165, 1.54) is 0 Å². The molecule has 1 N–H and O–H groups in total. The van der Waals surface area contributed by atoms with Crippen LogP contribution in [-0.4, -0.2) is 0 Å². The SMILES string of the molecule is Cl.Cl.[C-]1=CC=CC1.[CH3-].[CH3-].[NH-]c1ccccc1.[Ti+4]. The molecule has 0 fully saturated rings. The minimum absolute atomic E-state index is 0. The van der Waals surface area contributed by atoms with Gasteiger partial charge in [-0.05, 0) is 0 Å². The molecule has 0 aromatic heterocycles. The fourth-order valence-electron chi connectivity index (χ4n) is 0.778. The van der Waals surface area contributed by atoms with Crippen LogP contribution in [0.25, 0.3) is 5.73 Å². The third kappa shape index (κ3) is 18.4. The van der Waals surface area contributed by atoms with Crippen LogP contribution in [0.5, 0.6) is 0 Å². The van der Waals surface area contributed by atoms with E-state index in [1.54, 1.807) is 12.1 Å². The van der Waals surface area contributed by atoms with Gasteiger partial charge >= 0.3 is 21.7 Å². The van der Waals surface area contributed by atoms with Gasteiger partial charge in [-0.25, -0.2) is 12.2 Å². The first kappa shape index (κ1) is 30.1. The van der Waals surface area contributed by atoms with Gasteiger partial charge in [0.2, 0.25) is 0 Å².